The van der Waals surface area contributed by atoms with Crippen molar-refractivity contribution < 1.29 is 0 Å². The lowest BCUT2D eigenvalue weighted by atomic mass is 10.5. The fourth-order valence-corrected chi connectivity index (χ4v) is 1.88. The highest BCUT2D eigenvalue weighted by Gasteiger charge is 2.31. The Morgan fingerprint density at radius 2 is 2.07 bits per heavy atom. The van der Waals surface area contributed by atoms with Crippen LogP contribution in [0.2, 0.25) is 5.02 Å². The number of H-pyrrole nitrogens is 1. The molecule has 0 aliphatic carbocycles. The Morgan fingerprint density at radius 3 is 2.60 bits per heavy atom. The van der Waals surface area contributed by atoms with Crippen LogP contribution < -0.4 is 5.69 Å². The number of fused-ring (bicyclic) bond motifs is 1. The minimum atomic E-state index is -1.79. The lowest BCUT2D eigenvalue weighted by molar-refractivity contribution is 0.818. The summed E-state index contributed by atoms with van der Waals surface area (Å²) >= 11 is 22.7. The highest BCUT2D eigenvalue weighted by molar-refractivity contribution is 6.67. The van der Waals surface area contributed by atoms with Gasteiger partial charge in [0.05, 0.1) is 6.33 Å². The largest absolute Gasteiger partial charge is 0.349 e. The normalized spacial score (nSPS) is 12.3. The number of alkyl halides is 3. The molecule has 0 amide bonds. The Labute approximate surface area is 103 Å². The van der Waals surface area contributed by atoms with Gasteiger partial charge < -0.3 is 0 Å². The predicted octanol–water partition coefficient (Wildman–Crippen LogP) is 1.90. The van der Waals surface area contributed by atoms with Crippen LogP contribution in [-0.2, 0) is 3.79 Å². The molecule has 0 bridgehead atoms. The van der Waals surface area contributed by atoms with E-state index in [4.69, 9.17) is 46.4 Å². The molecule has 0 saturated heterocycles. The Hall–Kier alpha value is -0.490. The monoisotopic (exact) mass is 286 g/mol. The van der Waals surface area contributed by atoms with E-state index in [9.17, 15) is 4.79 Å². The first-order chi connectivity index (χ1) is 6.91. The molecule has 2 rings (SSSR count). The Balaban J connectivity index is 2.87. The van der Waals surface area contributed by atoms with E-state index in [1.54, 1.807) is 0 Å². The molecule has 0 aliphatic rings. The molecule has 0 aliphatic heterocycles. The second kappa shape index (κ2) is 3.52. The van der Waals surface area contributed by atoms with Crippen molar-refractivity contribution in [2.24, 2.45) is 0 Å². The fraction of sp³-hybridized carbons (Fsp3) is 0.167. The zero-order valence-electron chi connectivity index (χ0n) is 6.84. The van der Waals surface area contributed by atoms with Gasteiger partial charge in [-0.25, -0.2) is 9.78 Å². The third kappa shape index (κ3) is 1.80. The molecular formula is C6H2Cl4N4O. The van der Waals surface area contributed by atoms with Crippen molar-refractivity contribution in [2.75, 3.05) is 0 Å². The van der Waals surface area contributed by atoms with Crippen LogP contribution in [0.15, 0.2) is 11.1 Å². The van der Waals surface area contributed by atoms with E-state index in [0.29, 0.717) is 0 Å². The summed E-state index contributed by atoms with van der Waals surface area (Å²) in [5.41, 5.74) is -0.400. The van der Waals surface area contributed by atoms with Gasteiger partial charge in [0.15, 0.2) is 5.65 Å². The number of aromatic amines is 1. The topological polar surface area (TPSA) is 63.0 Å². The molecule has 0 radical (unpaired) electrons. The lowest BCUT2D eigenvalue weighted by Crippen LogP contribution is -2.17. The number of rotatable bonds is 0. The number of nitrogens with zero attached hydrogens (tertiary/aromatic N) is 3. The van der Waals surface area contributed by atoms with E-state index in [-0.39, 0.29) is 16.4 Å². The summed E-state index contributed by atoms with van der Waals surface area (Å²) in [7, 11) is 0. The standard InChI is InChI=1S/C6H2Cl4N4O/c7-2-3(6(8,9)10)13-14-4(2)11-1-12-5(14)15/h1H,(H,11,12,15). The zero-order chi connectivity index (χ0) is 11.2. The molecule has 0 aromatic carbocycles. The van der Waals surface area contributed by atoms with E-state index in [1.165, 1.54) is 6.33 Å². The van der Waals surface area contributed by atoms with Crippen LogP contribution in [0.4, 0.5) is 0 Å². The molecule has 0 saturated carbocycles. The van der Waals surface area contributed by atoms with Crippen molar-refractivity contribution >= 4 is 52.1 Å². The van der Waals surface area contributed by atoms with Crippen LogP contribution in [0.5, 0.6) is 0 Å². The quantitative estimate of drug-likeness (QED) is 0.753. The van der Waals surface area contributed by atoms with Crippen LogP contribution in [0.3, 0.4) is 0 Å². The second-order valence-electron chi connectivity index (χ2n) is 2.60. The summed E-state index contributed by atoms with van der Waals surface area (Å²) in [6, 6.07) is 0. The molecule has 0 spiro atoms. The van der Waals surface area contributed by atoms with Crippen molar-refractivity contribution in [1.29, 1.82) is 0 Å². The predicted molar refractivity (Wildman–Crippen MR) is 57.9 cm³/mol. The summed E-state index contributed by atoms with van der Waals surface area (Å²) in [6.07, 6.45) is 1.19. The third-order valence-corrected chi connectivity index (χ3v) is 2.53. The van der Waals surface area contributed by atoms with E-state index in [2.05, 4.69) is 15.1 Å². The SMILES string of the molecule is O=c1[nH]cnc2c(Cl)c(C(Cl)(Cl)Cl)nn12. The Bertz CT molecular complexity index is 568. The van der Waals surface area contributed by atoms with Crippen molar-refractivity contribution in [3.63, 3.8) is 0 Å². The molecule has 15 heavy (non-hydrogen) atoms. The first kappa shape index (κ1) is 11.0. The summed E-state index contributed by atoms with van der Waals surface area (Å²) in [6.45, 7) is 0. The van der Waals surface area contributed by atoms with Gasteiger partial charge in [0.1, 0.15) is 10.7 Å². The molecule has 2 aromatic rings. The molecule has 0 atom stereocenters. The molecule has 0 fully saturated rings. The van der Waals surface area contributed by atoms with Gasteiger partial charge in [-0.2, -0.15) is 9.61 Å². The maximum Gasteiger partial charge on any atom is 0.349 e. The summed E-state index contributed by atoms with van der Waals surface area (Å²) in [5, 5.41) is 3.81. The fourth-order valence-electron chi connectivity index (χ4n) is 1.03. The molecule has 1 N–H and O–H groups in total. The van der Waals surface area contributed by atoms with Crippen LogP contribution in [0.1, 0.15) is 5.69 Å². The maximum absolute atomic E-state index is 11.3. The van der Waals surface area contributed by atoms with Crippen LogP contribution in [0.25, 0.3) is 5.65 Å². The third-order valence-electron chi connectivity index (χ3n) is 1.64. The molecule has 9 heteroatoms. The van der Waals surface area contributed by atoms with E-state index in [0.717, 1.165) is 4.52 Å². The number of nitrogens with one attached hydrogen (secondary N) is 1. The first-order valence-corrected chi connectivity index (χ1v) is 5.11. The summed E-state index contributed by atoms with van der Waals surface area (Å²) in [5.74, 6) is 0. The van der Waals surface area contributed by atoms with Gasteiger partial charge in [-0.3, -0.25) is 4.98 Å². The minimum Gasteiger partial charge on any atom is -0.296 e. The smallest absolute Gasteiger partial charge is 0.296 e. The average molecular weight is 288 g/mol. The number of halogens is 4. The molecule has 5 nitrogen and oxygen atoms in total. The highest BCUT2D eigenvalue weighted by Crippen LogP contribution is 2.41. The Morgan fingerprint density at radius 1 is 1.40 bits per heavy atom. The zero-order valence-corrected chi connectivity index (χ0v) is 9.86. The first-order valence-electron chi connectivity index (χ1n) is 3.60. The van der Waals surface area contributed by atoms with E-state index < -0.39 is 9.48 Å². The van der Waals surface area contributed by atoms with E-state index >= 15 is 0 Å². The molecule has 0 unspecified atom stereocenters. The van der Waals surface area contributed by atoms with Crippen LogP contribution in [0, 0.1) is 0 Å². The van der Waals surface area contributed by atoms with Gasteiger partial charge in [0.25, 0.3) is 0 Å². The van der Waals surface area contributed by atoms with Crippen LogP contribution >= 0.6 is 46.4 Å². The average Bonchev–Trinajstić information content (AvgIpc) is 2.45. The van der Waals surface area contributed by atoms with Crippen molar-refractivity contribution in [3.05, 3.63) is 27.5 Å². The molecule has 2 aromatic heterocycles. The van der Waals surface area contributed by atoms with E-state index in [1.807, 2.05) is 0 Å². The van der Waals surface area contributed by atoms with Gasteiger partial charge in [-0.05, 0) is 0 Å². The van der Waals surface area contributed by atoms with Crippen LogP contribution in [-0.4, -0.2) is 19.6 Å². The van der Waals surface area contributed by atoms with Crippen molar-refractivity contribution in [1.82, 2.24) is 19.6 Å². The second-order valence-corrected chi connectivity index (χ2v) is 5.26. The van der Waals surface area contributed by atoms with Gasteiger partial charge >= 0.3 is 5.69 Å². The number of hydrogen-bond donors (Lipinski definition) is 1. The summed E-state index contributed by atoms with van der Waals surface area (Å²) < 4.78 is -0.864. The molecule has 80 valence electrons. The lowest BCUT2D eigenvalue weighted by Gasteiger charge is -2.05. The van der Waals surface area contributed by atoms with Gasteiger partial charge in [-0.15, -0.1) is 0 Å². The minimum absolute atomic E-state index is 0.0293. The van der Waals surface area contributed by atoms with Gasteiger partial charge in [0, 0.05) is 0 Å². The number of aromatic nitrogens is 4. The maximum atomic E-state index is 11.3. The molecular weight excluding hydrogens is 286 g/mol. The molecule has 2 heterocycles. The highest BCUT2D eigenvalue weighted by atomic mass is 35.6. The Kier molecular flexibility index (Phi) is 2.58. The van der Waals surface area contributed by atoms with Crippen molar-refractivity contribution in [2.45, 2.75) is 3.79 Å². The van der Waals surface area contributed by atoms with Gasteiger partial charge in [0.2, 0.25) is 3.79 Å². The van der Waals surface area contributed by atoms with Gasteiger partial charge in [-0.1, -0.05) is 46.4 Å². The number of hydrogen-bond acceptors (Lipinski definition) is 3. The van der Waals surface area contributed by atoms with Crippen molar-refractivity contribution in [3.8, 4) is 0 Å². The summed E-state index contributed by atoms with van der Waals surface area (Å²) in [4.78, 5) is 17.4.